The lowest BCUT2D eigenvalue weighted by atomic mass is 9.89. The van der Waals surface area contributed by atoms with Crippen LogP contribution in [0.1, 0.15) is 11.1 Å². The Hall–Kier alpha value is -3.94. The average molecular weight is 530 g/mol. The lowest BCUT2D eigenvalue weighted by Gasteiger charge is -2.24. The van der Waals surface area contributed by atoms with Crippen LogP contribution in [0, 0.1) is 28.9 Å². The summed E-state index contributed by atoms with van der Waals surface area (Å²) in [6.07, 6.45) is -4.92. The molecule has 0 spiro atoms. The number of esters is 2. The second kappa shape index (κ2) is 11.2. The van der Waals surface area contributed by atoms with E-state index in [9.17, 15) is 41.3 Å². The molecule has 0 saturated heterocycles. The van der Waals surface area contributed by atoms with Gasteiger partial charge in [0.05, 0.1) is 35.7 Å². The van der Waals surface area contributed by atoms with Gasteiger partial charge in [-0.15, -0.1) is 0 Å². The van der Waals surface area contributed by atoms with Crippen molar-refractivity contribution in [2.45, 2.75) is 18.0 Å². The van der Waals surface area contributed by atoms with Crippen molar-refractivity contribution in [3.63, 3.8) is 0 Å². The molecule has 194 valence electrons. The van der Waals surface area contributed by atoms with Crippen LogP contribution in [0.2, 0.25) is 0 Å². The van der Waals surface area contributed by atoms with Gasteiger partial charge in [0.1, 0.15) is 0 Å². The molecule has 1 N–H and O–H groups in total. The smallest absolute Gasteiger partial charge is 0.396 e. The van der Waals surface area contributed by atoms with E-state index >= 15 is 0 Å². The van der Waals surface area contributed by atoms with E-state index in [0.717, 1.165) is 44.0 Å². The van der Waals surface area contributed by atoms with E-state index in [0.29, 0.717) is 6.08 Å². The molecule has 0 aliphatic carbocycles. The Labute approximate surface area is 203 Å². The van der Waals surface area contributed by atoms with Crippen LogP contribution in [0.4, 0.5) is 18.9 Å². The summed E-state index contributed by atoms with van der Waals surface area (Å²) in [6.45, 7) is 1.69. The monoisotopic (exact) mass is 530 g/mol. The molecule has 0 saturated carbocycles. The molecule has 0 aromatic heterocycles. The molecule has 0 bridgehead atoms. The van der Waals surface area contributed by atoms with Crippen molar-refractivity contribution >= 4 is 33.3 Å². The number of allylic oxidation sites excluding steroid dienone is 1. The quantitative estimate of drug-likeness (QED) is 0.225. The highest BCUT2D eigenvalue weighted by Crippen LogP contribution is 2.37. The lowest BCUT2D eigenvalue weighted by molar-refractivity contribution is -0.384. The summed E-state index contributed by atoms with van der Waals surface area (Å²) in [4.78, 5) is 34.1. The molecule has 10 nitrogen and oxygen atoms in total. The van der Waals surface area contributed by atoms with Crippen molar-refractivity contribution in [3.05, 3.63) is 75.8 Å². The SMILES string of the molecule is COC(=O)C(C(=O)OC)[C@H](/C=C(/NS(=O)(=O)c1ccc(C)cc1)c1ccc([N+](=O)[O-])cc1)C(F)(F)F. The molecular formula is C22H21F3N2O8S. The van der Waals surface area contributed by atoms with Crippen molar-refractivity contribution in [2.75, 3.05) is 14.2 Å². The highest BCUT2D eigenvalue weighted by Gasteiger charge is 2.51. The van der Waals surface area contributed by atoms with Crippen LogP contribution in [-0.2, 0) is 29.1 Å². The van der Waals surface area contributed by atoms with E-state index in [-0.39, 0.29) is 10.5 Å². The van der Waals surface area contributed by atoms with Crippen LogP contribution in [0.5, 0.6) is 0 Å². The maximum Gasteiger partial charge on any atom is 0.396 e. The van der Waals surface area contributed by atoms with E-state index in [1.165, 1.54) is 24.3 Å². The van der Waals surface area contributed by atoms with Crippen molar-refractivity contribution < 1.29 is 45.6 Å². The molecule has 0 heterocycles. The molecule has 2 aromatic carbocycles. The van der Waals surface area contributed by atoms with Gasteiger partial charge < -0.3 is 9.47 Å². The van der Waals surface area contributed by atoms with E-state index in [2.05, 4.69) is 9.47 Å². The molecule has 0 aliphatic rings. The highest BCUT2D eigenvalue weighted by atomic mass is 32.2. The average Bonchev–Trinajstić information content (AvgIpc) is 2.82. The molecule has 2 rings (SSSR count). The first-order chi connectivity index (χ1) is 16.7. The highest BCUT2D eigenvalue weighted by molar-refractivity contribution is 7.89. The number of halogens is 3. The number of nitrogens with zero attached hydrogens (tertiary/aromatic N) is 1. The fourth-order valence-electron chi connectivity index (χ4n) is 3.08. The topological polar surface area (TPSA) is 142 Å². The maximum absolute atomic E-state index is 14.1. The Bertz CT molecular complexity index is 1240. The number of carbonyl (C=O) groups is 2. The zero-order chi connectivity index (χ0) is 27.3. The number of non-ortho nitro benzene ring substituents is 1. The maximum atomic E-state index is 14.1. The summed E-state index contributed by atoms with van der Waals surface area (Å²) in [5, 5.41) is 11.0. The van der Waals surface area contributed by atoms with Crippen LogP contribution in [0.15, 0.2) is 59.5 Å². The Kier molecular flexibility index (Phi) is 8.80. The number of nitro groups is 1. The van der Waals surface area contributed by atoms with Gasteiger partial charge in [0.15, 0.2) is 5.92 Å². The number of carbonyl (C=O) groups excluding carboxylic acids is 2. The van der Waals surface area contributed by atoms with Crippen molar-refractivity contribution in [1.82, 2.24) is 4.72 Å². The number of rotatable bonds is 9. The van der Waals surface area contributed by atoms with Gasteiger partial charge in [0, 0.05) is 12.1 Å². The standard InChI is InChI=1S/C22H21F3N2O8S/c1-13-4-10-16(11-5-13)36(32,33)26-18(14-6-8-15(9-7-14)27(30)31)12-17(22(23,24)25)19(20(28)34-2)21(29)35-3/h4-12,17,19,26H,1-3H3/b18-12+/t17-/m0/s1. The second-order valence-corrected chi connectivity index (χ2v) is 9.08. The van der Waals surface area contributed by atoms with E-state index < -0.39 is 56.3 Å². The molecule has 0 unspecified atom stereocenters. The first kappa shape index (κ1) is 28.3. The Balaban J connectivity index is 2.74. The molecule has 0 radical (unpaired) electrons. The minimum absolute atomic E-state index is 0.209. The van der Waals surface area contributed by atoms with Gasteiger partial charge in [-0.3, -0.25) is 24.4 Å². The van der Waals surface area contributed by atoms with Crippen LogP contribution in [-0.4, -0.2) is 45.7 Å². The Morgan fingerprint density at radius 1 is 1.00 bits per heavy atom. The van der Waals surface area contributed by atoms with Crippen molar-refractivity contribution in [1.29, 1.82) is 0 Å². The Morgan fingerprint density at radius 2 is 1.50 bits per heavy atom. The molecule has 0 fully saturated rings. The molecule has 0 aliphatic heterocycles. The van der Waals surface area contributed by atoms with E-state index in [4.69, 9.17) is 0 Å². The fourth-order valence-corrected chi connectivity index (χ4v) is 4.16. The summed E-state index contributed by atoms with van der Waals surface area (Å²) >= 11 is 0. The predicted molar refractivity (Wildman–Crippen MR) is 120 cm³/mol. The normalized spacial score (nSPS) is 13.1. The zero-order valence-electron chi connectivity index (χ0n) is 19.1. The van der Waals surface area contributed by atoms with Gasteiger partial charge in [-0.1, -0.05) is 17.7 Å². The number of nitro benzene ring substituents is 1. The van der Waals surface area contributed by atoms with Crippen LogP contribution < -0.4 is 4.72 Å². The van der Waals surface area contributed by atoms with Gasteiger partial charge >= 0.3 is 18.1 Å². The lowest BCUT2D eigenvalue weighted by Crippen LogP contribution is -2.40. The van der Waals surface area contributed by atoms with Crippen molar-refractivity contribution in [2.24, 2.45) is 11.8 Å². The fraction of sp³-hybridized carbons (Fsp3) is 0.273. The minimum Gasteiger partial charge on any atom is -0.468 e. The number of ether oxygens (including phenoxy) is 2. The molecule has 36 heavy (non-hydrogen) atoms. The predicted octanol–water partition coefficient (Wildman–Crippen LogP) is 3.36. The number of hydrogen-bond donors (Lipinski definition) is 1. The molecule has 14 heteroatoms. The second-order valence-electron chi connectivity index (χ2n) is 7.39. The van der Waals surface area contributed by atoms with Gasteiger partial charge in [0.2, 0.25) is 0 Å². The van der Waals surface area contributed by atoms with Crippen LogP contribution >= 0.6 is 0 Å². The Morgan fingerprint density at radius 3 is 1.92 bits per heavy atom. The molecule has 1 atom stereocenters. The number of alkyl halides is 3. The summed E-state index contributed by atoms with van der Waals surface area (Å²) in [5.74, 6) is -8.53. The largest absolute Gasteiger partial charge is 0.468 e. The number of benzene rings is 2. The molecular weight excluding hydrogens is 509 g/mol. The third kappa shape index (κ3) is 6.81. The van der Waals surface area contributed by atoms with Gasteiger partial charge in [0.25, 0.3) is 15.7 Å². The summed E-state index contributed by atoms with van der Waals surface area (Å²) in [6, 6.07) is 9.30. The number of nitrogens with one attached hydrogen (secondary N) is 1. The number of hydrogen-bond acceptors (Lipinski definition) is 8. The summed E-state index contributed by atoms with van der Waals surface area (Å²) < 4.78 is 78.9. The van der Waals surface area contributed by atoms with Crippen LogP contribution in [0.25, 0.3) is 5.70 Å². The third-order valence-corrected chi connectivity index (χ3v) is 6.34. The summed E-state index contributed by atoms with van der Waals surface area (Å²) in [5.41, 5.74) is -0.588. The minimum atomic E-state index is -5.24. The first-order valence-electron chi connectivity index (χ1n) is 9.99. The number of sulfonamides is 1. The van der Waals surface area contributed by atoms with E-state index in [1.807, 2.05) is 4.72 Å². The van der Waals surface area contributed by atoms with Gasteiger partial charge in [-0.2, -0.15) is 13.2 Å². The molecule has 0 amide bonds. The van der Waals surface area contributed by atoms with Gasteiger partial charge in [-0.05, 0) is 42.8 Å². The van der Waals surface area contributed by atoms with Crippen molar-refractivity contribution in [3.8, 4) is 0 Å². The van der Waals surface area contributed by atoms with Crippen LogP contribution in [0.3, 0.4) is 0 Å². The first-order valence-corrected chi connectivity index (χ1v) is 11.5. The molecule has 2 aromatic rings. The van der Waals surface area contributed by atoms with E-state index in [1.54, 1.807) is 6.92 Å². The third-order valence-electron chi connectivity index (χ3n) is 4.96. The summed E-state index contributed by atoms with van der Waals surface area (Å²) in [7, 11) is -2.93. The van der Waals surface area contributed by atoms with Gasteiger partial charge in [-0.25, -0.2) is 8.42 Å². The number of methoxy groups -OCH3 is 2. The zero-order valence-corrected chi connectivity index (χ0v) is 19.9. The number of aryl methyl sites for hydroxylation is 1.